The second-order valence-corrected chi connectivity index (χ2v) is 7.21. The van der Waals surface area contributed by atoms with Gasteiger partial charge in [-0.25, -0.2) is 0 Å². The SMILES string of the molecule is C[C@H]1C(=O)O[C@@H]2C3[C@@H](C[C@@H](O)[C@@]4(C)O[C@@H]24)[C@H](O)CC[C@@H]31. The average molecular weight is 282 g/mol. The molecule has 4 aliphatic rings. The van der Waals surface area contributed by atoms with E-state index in [1.807, 2.05) is 13.8 Å². The molecule has 5 heteroatoms. The Bertz CT molecular complexity index is 452. The molecule has 0 aromatic rings. The normalized spacial score (nSPS) is 60.9. The first kappa shape index (κ1) is 13.0. The summed E-state index contributed by atoms with van der Waals surface area (Å²) in [6.07, 6.45) is 0.599. The number of rotatable bonds is 0. The third kappa shape index (κ3) is 1.51. The van der Waals surface area contributed by atoms with Crippen molar-refractivity contribution in [1.82, 2.24) is 0 Å². The van der Waals surface area contributed by atoms with Gasteiger partial charge in [0.15, 0.2) is 0 Å². The summed E-state index contributed by atoms with van der Waals surface area (Å²) in [6, 6.07) is 0. The van der Waals surface area contributed by atoms with Crippen LogP contribution in [0, 0.1) is 23.7 Å². The van der Waals surface area contributed by atoms with Crippen LogP contribution < -0.4 is 0 Å². The molecule has 2 aliphatic heterocycles. The fraction of sp³-hybridized carbons (Fsp3) is 0.933. The molecule has 4 rings (SSSR count). The third-order valence-corrected chi connectivity index (χ3v) is 6.27. The van der Waals surface area contributed by atoms with Crippen LogP contribution in [0.5, 0.6) is 0 Å². The molecule has 0 spiro atoms. The summed E-state index contributed by atoms with van der Waals surface area (Å²) in [5.41, 5.74) is -0.604. The number of epoxide rings is 1. The van der Waals surface area contributed by atoms with Gasteiger partial charge in [-0.2, -0.15) is 0 Å². The monoisotopic (exact) mass is 282 g/mol. The highest BCUT2D eigenvalue weighted by molar-refractivity contribution is 5.73. The minimum absolute atomic E-state index is 0.0116. The maximum absolute atomic E-state index is 12.1. The molecule has 5 nitrogen and oxygen atoms in total. The number of fused-ring (bicyclic) bond motifs is 2. The number of hydrogen-bond acceptors (Lipinski definition) is 5. The Labute approximate surface area is 118 Å². The van der Waals surface area contributed by atoms with Crippen molar-refractivity contribution in [2.75, 3.05) is 0 Å². The molecule has 0 aromatic heterocycles. The van der Waals surface area contributed by atoms with E-state index in [1.165, 1.54) is 0 Å². The molecule has 0 bridgehead atoms. The molecule has 2 heterocycles. The lowest BCUT2D eigenvalue weighted by Crippen LogP contribution is -2.54. The van der Waals surface area contributed by atoms with Gasteiger partial charge in [0.05, 0.1) is 18.1 Å². The summed E-state index contributed by atoms with van der Waals surface area (Å²) < 4.78 is 11.4. The van der Waals surface area contributed by atoms with Gasteiger partial charge < -0.3 is 19.7 Å². The lowest BCUT2D eigenvalue weighted by Gasteiger charge is -2.48. The smallest absolute Gasteiger partial charge is 0.309 e. The fourth-order valence-corrected chi connectivity index (χ4v) is 4.88. The van der Waals surface area contributed by atoms with E-state index >= 15 is 0 Å². The van der Waals surface area contributed by atoms with Crippen LogP contribution in [0.4, 0.5) is 0 Å². The fourth-order valence-electron chi connectivity index (χ4n) is 4.88. The predicted octanol–water partition coefficient (Wildman–Crippen LogP) is 0.473. The lowest BCUT2D eigenvalue weighted by atomic mass is 9.62. The molecule has 2 saturated heterocycles. The zero-order valence-electron chi connectivity index (χ0n) is 11.9. The predicted molar refractivity (Wildman–Crippen MR) is 68.7 cm³/mol. The van der Waals surface area contributed by atoms with Crippen LogP contribution in [-0.4, -0.2) is 46.2 Å². The molecule has 2 N–H and O–H groups in total. The van der Waals surface area contributed by atoms with Crippen molar-refractivity contribution in [1.29, 1.82) is 0 Å². The summed E-state index contributed by atoms with van der Waals surface area (Å²) >= 11 is 0. The summed E-state index contributed by atoms with van der Waals surface area (Å²) in [6.45, 7) is 3.80. The highest BCUT2D eigenvalue weighted by Crippen LogP contribution is 2.57. The Morgan fingerprint density at radius 3 is 2.75 bits per heavy atom. The molecular weight excluding hydrogens is 260 g/mol. The van der Waals surface area contributed by atoms with Crippen molar-refractivity contribution in [3.05, 3.63) is 0 Å². The van der Waals surface area contributed by atoms with E-state index in [0.717, 1.165) is 6.42 Å². The molecule has 0 aromatic carbocycles. The number of aliphatic hydroxyl groups is 2. The van der Waals surface area contributed by atoms with Gasteiger partial charge in [-0.3, -0.25) is 4.79 Å². The topological polar surface area (TPSA) is 79.3 Å². The van der Waals surface area contributed by atoms with Gasteiger partial charge in [-0.1, -0.05) is 6.92 Å². The second kappa shape index (κ2) is 3.96. The number of hydrogen-bond donors (Lipinski definition) is 2. The number of carbonyl (C=O) groups excluding carboxylic acids is 1. The van der Waals surface area contributed by atoms with Gasteiger partial charge in [0, 0.05) is 5.92 Å². The zero-order chi connectivity index (χ0) is 14.2. The molecule has 0 amide bonds. The van der Waals surface area contributed by atoms with E-state index in [4.69, 9.17) is 9.47 Å². The maximum atomic E-state index is 12.1. The van der Waals surface area contributed by atoms with Gasteiger partial charge in [-0.15, -0.1) is 0 Å². The first-order valence-corrected chi connectivity index (χ1v) is 7.68. The zero-order valence-corrected chi connectivity index (χ0v) is 11.9. The van der Waals surface area contributed by atoms with Crippen molar-refractivity contribution >= 4 is 5.97 Å². The van der Waals surface area contributed by atoms with Crippen LogP contribution >= 0.6 is 0 Å². The van der Waals surface area contributed by atoms with Crippen LogP contribution in [0.3, 0.4) is 0 Å². The van der Waals surface area contributed by atoms with Gasteiger partial charge in [0.1, 0.15) is 17.8 Å². The molecule has 9 atom stereocenters. The maximum Gasteiger partial charge on any atom is 0.309 e. The van der Waals surface area contributed by atoms with E-state index < -0.39 is 17.8 Å². The Balaban J connectivity index is 1.75. The number of ether oxygens (including phenoxy) is 2. The highest BCUT2D eigenvalue weighted by Gasteiger charge is 2.69. The summed E-state index contributed by atoms with van der Waals surface area (Å²) in [5, 5.41) is 20.7. The number of aliphatic hydroxyl groups excluding tert-OH is 2. The Kier molecular flexibility index (Phi) is 2.58. The molecule has 1 unspecified atom stereocenters. The first-order chi connectivity index (χ1) is 9.43. The summed E-state index contributed by atoms with van der Waals surface area (Å²) in [7, 11) is 0. The van der Waals surface area contributed by atoms with E-state index in [-0.39, 0.29) is 41.8 Å². The molecule has 2 saturated carbocycles. The van der Waals surface area contributed by atoms with Crippen LogP contribution in [0.15, 0.2) is 0 Å². The Morgan fingerprint density at radius 2 is 2.00 bits per heavy atom. The van der Waals surface area contributed by atoms with E-state index in [9.17, 15) is 15.0 Å². The van der Waals surface area contributed by atoms with E-state index in [2.05, 4.69) is 0 Å². The minimum atomic E-state index is -0.604. The van der Waals surface area contributed by atoms with Crippen molar-refractivity contribution in [3.63, 3.8) is 0 Å². The van der Waals surface area contributed by atoms with Gasteiger partial charge in [-0.05, 0) is 38.0 Å². The second-order valence-electron chi connectivity index (χ2n) is 7.21. The van der Waals surface area contributed by atoms with Crippen LogP contribution in [0.1, 0.15) is 33.1 Å². The lowest BCUT2D eigenvalue weighted by molar-refractivity contribution is -0.187. The average Bonchev–Trinajstić information content (AvgIpc) is 3.10. The highest BCUT2D eigenvalue weighted by atomic mass is 16.7. The summed E-state index contributed by atoms with van der Waals surface area (Å²) in [4.78, 5) is 12.1. The Morgan fingerprint density at radius 1 is 1.25 bits per heavy atom. The largest absolute Gasteiger partial charge is 0.459 e. The number of esters is 1. The third-order valence-electron chi connectivity index (χ3n) is 6.27. The molecule has 0 radical (unpaired) electrons. The molecule has 4 fully saturated rings. The van der Waals surface area contributed by atoms with E-state index in [1.54, 1.807) is 0 Å². The minimum Gasteiger partial charge on any atom is -0.459 e. The molecule has 2 aliphatic carbocycles. The van der Waals surface area contributed by atoms with Crippen molar-refractivity contribution < 1.29 is 24.5 Å². The van der Waals surface area contributed by atoms with Crippen molar-refractivity contribution in [2.45, 2.75) is 63.1 Å². The van der Waals surface area contributed by atoms with E-state index in [0.29, 0.717) is 12.8 Å². The van der Waals surface area contributed by atoms with Gasteiger partial charge >= 0.3 is 5.97 Å². The quantitative estimate of drug-likeness (QED) is 0.499. The van der Waals surface area contributed by atoms with Crippen LogP contribution in [0.25, 0.3) is 0 Å². The van der Waals surface area contributed by atoms with Crippen LogP contribution in [0.2, 0.25) is 0 Å². The van der Waals surface area contributed by atoms with Crippen LogP contribution in [-0.2, 0) is 14.3 Å². The molecular formula is C15H22O5. The van der Waals surface area contributed by atoms with Gasteiger partial charge in [0.2, 0.25) is 0 Å². The first-order valence-electron chi connectivity index (χ1n) is 7.68. The standard InChI is InChI=1S/C15H22O5/c1-6-7-3-4-9(16)8-5-10(17)15(2)13(20-15)12(11(7)8)19-14(6)18/h6-13,16-17H,3-5H2,1-2H3/t6-,7-,8+,9-,10-,11?,12-,13+,15-/m1/s1. The van der Waals surface area contributed by atoms with Crippen molar-refractivity contribution in [3.8, 4) is 0 Å². The van der Waals surface area contributed by atoms with Crippen molar-refractivity contribution in [2.24, 2.45) is 23.7 Å². The summed E-state index contributed by atoms with van der Waals surface area (Å²) in [5.74, 6) is 0.105. The molecule has 112 valence electrons. The Hall–Kier alpha value is -0.650. The van der Waals surface area contributed by atoms with Gasteiger partial charge in [0.25, 0.3) is 0 Å². The molecule has 20 heavy (non-hydrogen) atoms. The number of carbonyl (C=O) groups is 1.